The Morgan fingerprint density at radius 2 is 2.07 bits per heavy atom. The molecule has 2 aromatic rings. The SMILES string of the molecule is Clc1nccc2cc(C3CC3)ccc12. The van der Waals surface area contributed by atoms with E-state index < -0.39 is 0 Å². The smallest absolute Gasteiger partial charge is 0.136 e. The van der Waals surface area contributed by atoms with Gasteiger partial charge >= 0.3 is 0 Å². The molecule has 1 aromatic carbocycles. The van der Waals surface area contributed by atoms with E-state index in [0.29, 0.717) is 5.15 Å². The minimum Gasteiger partial charge on any atom is -0.244 e. The molecule has 0 amide bonds. The molecule has 0 bridgehead atoms. The second-order valence-electron chi connectivity index (χ2n) is 3.86. The van der Waals surface area contributed by atoms with Crippen molar-refractivity contribution in [1.29, 1.82) is 0 Å². The van der Waals surface area contributed by atoms with E-state index in [4.69, 9.17) is 11.6 Å². The highest BCUT2D eigenvalue weighted by Crippen LogP contribution is 2.41. The lowest BCUT2D eigenvalue weighted by Gasteiger charge is -2.02. The zero-order chi connectivity index (χ0) is 9.54. The van der Waals surface area contributed by atoms with E-state index >= 15 is 0 Å². The molecule has 2 heteroatoms. The third-order valence-electron chi connectivity index (χ3n) is 2.79. The maximum absolute atomic E-state index is 5.99. The summed E-state index contributed by atoms with van der Waals surface area (Å²) in [7, 11) is 0. The standard InChI is InChI=1S/C12H10ClN/c13-12-11-4-3-9(8-1-2-8)7-10(11)5-6-14-12/h3-8H,1-2H2. The third kappa shape index (κ3) is 1.28. The van der Waals surface area contributed by atoms with Crippen LogP contribution >= 0.6 is 11.6 Å². The molecule has 14 heavy (non-hydrogen) atoms. The van der Waals surface area contributed by atoms with Crippen LogP contribution in [0.3, 0.4) is 0 Å². The van der Waals surface area contributed by atoms with E-state index in [1.165, 1.54) is 23.8 Å². The fourth-order valence-electron chi connectivity index (χ4n) is 1.83. The molecule has 0 aliphatic heterocycles. The first kappa shape index (κ1) is 8.25. The molecule has 1 fully saturated rings. The highest BCUT2D eigenvalue weighted by molar-refractivity contribution is 6.34. The first-order valence-corrected chi connectivity index (χ1v) is 5.26. The highest BCUT2D eigenvalue weighted by Gasteiger charge is 2.23. The monoisotopic (exact) mass is 203 g/mol. The topological polar surface area (TPSA) is 12.9 Å². The van der Waals surface area contributed by atoms with Crippen LogP contribution in [0, 0.1) is 0 Å². The summed E-state index contributed by atoms with van der Waals surface area (Å²) in [4.78, 5) is 4.06. The fraction of sp³-hybridized carbons (Fsp3) is 0.250. The zero-order valence-electron chi connectivity index (χ0n) is 7.70. The van der Waals surface area contributed by atoms with E-state index in [-0.39, 0.29) is 0 Å². The van der Waals surface area contributed by atoms with Gasteiger partial charge in [-0.25, -0.2) is 4.98 Å². The van der Waals surface area contributed by atoms with Crippen LogP contribution in [0.2, 0.25) is 5.15 Å². The summed E-state index contributed by atoms with van der Waals surface area (Å²) in [5.74, 6) is 0.798. The lowest BCUT2D eigenvalue weighted by Crippen LogP contribution is -1.82. The van der Waals surface area contributed by atoms with Crippen LogP contribution in [0.4, 0.5) is 0 Å². The molecule has 1 nitrogen and oxygen atoms in total. The third-order valence-corrected chi connectivity index (χ3v) is 3.09. The van der Waals surface area contributed by atoms with Crippen LogP contribution in [0.15, 0.2) is 30.5 Å². The summed E-state index contributed by atoms with van der Waals surface area (Å²) in [6.07, 6.45) is 4.44. The van der Waals surface area contributed by atoms with E-state index in [9.17, 15) is 0 Å². The number of halogens is 1. The van der Waals surface area contributed by atoms with E-state index in [1.54, 1.807) is 6.20 Å². The van der Waals surface area contributed by atoms with Gasteiger partial charge in [0.2, 0.25) is 0 Å². The summed E-state index contributed by atoms with van der Waals surface area (Å²) < 4.78 is 0. The van der Waals surface area contributed by atoms with Gasteiger partial charge in [0.1, 0.15) is 5.15 Å². The molecule has 1 aliphatic rings. The van der Waals surface area contributed by atoms with Crippen molar-refractivity contribution < 1.29 is 0 Å². The Hall–Kier alpha value is -1.08. The zero-order valence-corrected chi connectivity index (χ0v) is 8.46. The van der Waals surface area contributed by atoms with Crippen molar-refractivity contribution in [3.05, 3.63) is 41.2 Å². The Balaban J connectivity index is 2.23. The molecule has 0 atom stereocenters. The van der Waals surface area contributed by atoms with Gasteiger partial charge in [-0.2, -0.15) is 0 Å². The molecular formula is C12H10ClN. The highest BCUT2D eigenvalue weighted by atomic mass is 35.5. The van der Waals surface area contributed by atoms with Gasteiger partial charge < -0.3 is 0 Å². The van der Waals surface area contributed by atoms with Crippen LogP contribution in [-0.4, -0.2) is 4.98 Å². The molecule has 1 aromatic heterocycles. The quantitative estimate of drug-likeness (QED) is 0.643. The maximum atomic E-state index is 5.99. The second kappa shape index (κ2) is 2.96. The molecular weight excluding hydrogens is 194 g/mol. The van der Waals surface area contributed by atoms with Crippen molar-refractivity contribution in [2.45, 2.75) is 18.8 Å². The van der Waals surface area contributed by atoms with Gasteiger partial charge in [0.15, 0.2) is 0 Å². The second-order valence-corrected chi connectivity index (χ2v) is 4.21. The van der Waals surface area contributed by atoms with Crippen LogP contribution in [-0.2, 0) is 0 Å². The largest absolute Gasteiger partial charge is 0.244 e. The van der Waals surface area contributed by atoms with Gasteiger partial charge in [0.25, 0.3) is 0 Å². The molecule has 0 radical (unpaired) electrons. The van der Waals surface area contributed by atoms with E-state index in [0.717, 1.165) is 11.3 Å². The number of hydrogen-bond donors (Lipinski definition) is 0. The fourth-order valence-corrected chi connectivity index (χ4v) is 2.06. The molecule has 0 saturated heterocycles. The summed E-state index contributed by atoms with van der Waals surface area (Å²) in [5, 5.41) is 2.86. The van der Waals surface area contributed by atoms with Gasteiger partial charge in [-0.3, -0.25) is 0 Å². The molecule has 1 heterocycles. The first-order chi connectivity index (χ1) is 6.84. The van der Waals surface area contributed by atoms with E-state index in [1.807, 2.05) is 6.07 Å². The summed E-state index contributed by atoms with van der Waals surface area (Å²) >= 11 is 5.99. The number of aromatic nitrogens is 1. The number of nitrogens with zero attached hydrogens (tertiary/aromatic N) is 1. The normalized spacial score (nSPS) is 16.1. The van der Waals surface area contributed by atoms with Gasteiger partial charge in [-0.05, 0) is 35.8 Å². The van der Waals surface area contributed by atoms with Gasteiger partial charge in [0, 0.05) is 11.6 Å². The summed E-state index contributed by atoms with van der Waals surface area (Å²) in [6, 6.07) is 8.51. The molecule has 0 unspecified atom stereocenters. The number of hydrogen-bond acceptors (Lipinski definition) is 1. The van der Waals surface area contributed by atoms with Gasteiger partial charge in [-0.15, -0.1) is 0 Å². The number of fused-ring (bicyclic) bond motifs is 1. The molecule has 1 aliphatic carbocycles. The van der Waals surface area contributed by atoms with Crippen molar-refractivity contribution in [1.82, 2.24) is 4.98 Å². The minimum atomic E-state index is 0.602. The van der Waals surface area contributed by atoms with Crippen molar-refractivity contribution >= 4 is 22.4 Å². The maximum Gasteiger partial charge on any atom is 0.136 e. The van der Waals surface area contributed by atoms with Crippen LogP contribution in [0.1, 0.15) is 24.3 Å². The van der Waals surface area contributed by atoms with Gasteiger partial charge in [-0.1, -0.05) is 29.8 Å². The summed E-state index contributed by atoms with van der Waals surface area (Å²) in [6.45, 7) is 0. The van der Waals surface area contributed by atoms with Crippen molar-refractivity contribution in [3.8, 4) is 0 Å². The van der Waals surface area contributed by atoms with Crippen LogP contribution < -0.4 is 0 Å². The Morgan fingerprint density at radius 3 is 2.86 bits per heavy atom. The molecule has 1 saturated carbocycles. The lowest BCUT2D eigenvalue weighted by molar-refractivity contribution is 1.14. The Labute approximate surface area is 87.7 Å². The Bertz CT molecular complexity index is 489. The minimum absolute atomic E-state index is 0.602. The molecule has 70 valence electrons. The van der Waals surface area contributed by atoms with Crippen molar-refractivity contribution in [2.24, 2.45) is 0 Å². The van der Waals surface area contributed by atoms with E-state index in [2.05, 4.69) is 23.2 Å². The van der Waals surface area contributed by atoms with Crippen LogP contribution in [0.5, 0.6) is 0 Å². The summed E-state index contributed by atoms with van der Waals surface area (Å²) in [5.41, 5.74) is 1.44. The van der Waals surface area contributed by atoms with Gasteiger partial charge in [0.05, 0.1) is 0 Å². The lowest BCUT2D eigenvalue weighted by atomic mass is 10.1. The molecule has 3 rings (SSSR count). The predicted molar refractivity (Wildman–Crippen MR) is 58.7 cm³/mol. The molecule has 0 N–H and O–H groups in total. The molecule has 0 spiro atoms. The van der Waals surface area contributed by atoms with Crippen LogP contribution in [0.25, 0.3) is 10.8 Å². The average Bonchev–Trinajstić information content (AvgIpc) is 3.01. The van der Waals surface area contributed by atoms with Crippen molar-refractivity contribution in [3.63, 3.8) is 0 Å². The predicted octanol–water partition coefficient (Wildman–Crippen LogP) is 3.77. The Morgan fingerprint density at radius 1 is 1.21 bits per heavy atom. The number of rotatable bonds is 1. The average molecular weight is 204 g/mol. The van der Waals surface area contributed by atoms with Crippen molar-refractivity contribution in [2.75, 3.05) is 0 Å². The Kier molecular flexibility index (Phi) is 1.74. The first-order valence-electron chi connectivity index (χ1n) is 4.89. The number of pyridine rings is 1. The number of benzene rings is 1.